The summed E-state index contributed by atoms with van der Waals surface area (Å²) < 4.78 is 68.3. The van der Waals surface area contributed by atoms with Crippen molar-refractivity contribution in [1.29, 1.82) is 0 Å². The molecule has 9 aliphatic rings. The van der Waals surface area contributed by atoms with E-state index in [0.717, 1.165) is 5.57 Å². The van der Waals surface area contributed by atoms with E-state index < -0.39 is 168 Å². The first kappa shape index (κ1) is 63.8. The Morgan fingerprint density at radius 1 is 0.735 bits per heavy atom. The molecule has 8 N–H and O–H groups in total. The van der Waals surface area contributed by atoms with Crippen LogP contribution in [0.1, 0.15) is 121 Å². The van der Waals surface area contributed by atoms with Gasteiger partial charge in [-0.2, -0.15) is 5.48 Å². The number of rotatable bonds is 12. The topological polar surface area (TPSA) is 298 Å². The molecule has 1 amide bonds. The molecular formula is C61H92N2O20. The molecular weight excluding hydrogens is 1080 g/mol. The van der Waals surface area contributed by atoms with Gasteiger partial charge in [-0.1, -0.05) is 63.6 Å². The van der Waals surface area contributed by atoms with E-state index in [2.05, 4.69) is 36.8 Å². The third-order valence-corrected chi connectivity index (χ3v) is 20.2. The Balaban J connectivity index is 1.01. The summed E-state index contributed by atoms with van der Waals surface area (Å²) in [6.45, 7) is 20.3. The van der Waals surface area contributed by atoms with Crippen molar-refractivity contribution in [3.8, 4) is 0 Å². The van der Waals surface area contributed by atoms with Crippen molar-refractivity contribution < 1.29 is 97.2 Å². The van der Waals surface area contributed by atoms with Gasteiger partial charge in [0, 0.05) is 62.4 Å². The highest BCUT2D eigenvalue weighted by Crippen LogP contribution is 2.61. The molecule has 4 aliphatic carbocycles. The van der Waals surface area contributed by atoms with Crippen LogP contribution in [0.2, 0.25) is 0 Å². The third-order valence-electron chi connectivity index (χ3n) is 20.2. The number of hydroxylamine groups is 1. The van der Waals surface area contributed by atoms with E-state index in [9.17, 15) is 40.3 Å². The number of carbonyl (C=O) groups is 3. The molecule has 5 heterocycles. The number of hydrogen-bond donors (Lipinski definition) is 8. The fourth-order valence-electron chi connectivity index (χ4n) is 15.8. The lowest BCUT2D eigenvalue weighted by atomic mass is 9.49. The largest absolute Gasteiger partial charge is 0.511 e. The molecule has 0 aromatic carbocycles. The maximum absolute atomic E-state index is 15.6. The minimum absolute atomic E-state index is 0.0261. The molecule has 5 aliphatic heterocycles. The molecule has 6 fully saturated rings. The van der Waals surface area contributed by atoms with Gasteiger partial charge in [0.25, 0.3) is 0 Å². The second-order valence-corrected chi connectivity index (χ2v) is 25.9. The van der Waals surface area contributed by atoms with Gasteiger partial charge in [-0.3, -0.25) is 4.79 Å². The first-order valence-corrected chi connectivity index (χ1v) is 29.8. The summed E-state index contributed by atoms with van der Waals surface area (Å²) in [6, 6.07) is -0.720. The van der Waals surface area contributed by atoms with Gasteiger partial charge < -0.3 is 88.2 Å². The summed E-state index contributed by atoms with van der Waals surface area (Å²) in [6.07, 6.45) is -1.85. The number of carbonyl (C=O) groups excluding carboxylic acids is 3. The van der Waals surface area contributed by atoms with Crippen molar-refractivity contribution in [3.05, 3.63) is 58.4 Å². The van der Waals surface area contributed by atoms with Crippen molar-refractivity contribution in [2.45, 2.75) is 237 Å². The van der Waals surface area contributed by atoms with E-state index in [0.29, 0.717) is 24.0 Å². The first-order valence-electron chi connectivity index (χ1n) is 29.8. The Labute approximate surface area is 487 Å². The van der Waals surface area contributed by atoms with Crippen LogP contribution in [0.25, 0.3) is 0 Å². The van der Waals surface area contributed by atoms with E-state index in [1.54, 1.807) is 40.7 Å². The minimum Gasteiger partial charge on any atom is -0.511 e. The van der Waals surface area contributed by atoms with Crippen LogP contribution in [0.4, 0.5) is 4.79 Å². The highest BCUT2D eigenvalue weighted by atomic mass is 16.7. The van der Waals surface area contributed by atoms with E-state index in [1.165, 1.54) is 14.2 Å². The van der Waals surface area contributed by atoms with E-state index >= 15 is 4.79 Å². The number of methoxy groups -OCH3 is 2. The molecule has 9 rings (SSSR count). The van der Waals surface area contributed by atoms with Crippen LogP contribution >= 0.6 is 0 Å². The Bertz CT molecular complexity index is 2510. The van der Waals surface area contributed by atoms with Crippen molar-refractivity contribution >= 4 is 17.8 Å². The number of alkyl carbamates (subject to hydrolysis) is 1. The van der Waals surface area contributed by atoms with E-state index in [4.69, 9.17) is 52.1 Å². The van der Waals surface area contributed by atoms with Gasteiger partial charge in [0.1, 0.15) is 29.6 Å². The molecule has 0 aromatic heterocycles. The molecule has 1 spiro atoms. The molecule has 1 saturated carbocycles. The van der Waals surface area contributed by atoms with Gasteiger partial charge in [0.2, 0.25) is 5.78 Å². The summed E-state index contributed by atoms with van der Waals surface area (Å²) in [4.78, 5) is 42.7. The molecule has 27 atom stereocenters. The quantitative estimate of drug-likeness (QED) is 0.0534. The standard InChI is InChI=1S/C61H92N2O20/c1-27-14-17-42(79-47-25-59(10,63-72)54(35(9)78-47)62-58(71)74-13)28(2)19-37-20-36(26-64)31(5)24-61(37)56(69)48(57(70)83-61)55(68)60(11)39(27)16-15-38-49(60)29(3)18-30(4)51(38)81-46-23-43(50(67)32(6)75-46)80-44-22-41(66)53(34(8)77-44)82-45-21-40(65)52(73-12)33(7)76-45/h14-16,19-20,29-35,37-47,49-54,63-68,72H,17-18,21-26H2,1-13H3,(H,62,71)/b27-14+,28-19+,55-48?/t29-,30-,31+,32-,33-,34-,35+,37+,38-,39-,40+,41+,42-,43+,44-,45+,46-,47-,49+,50-,51-,52-,53-,54-,59-,60+,61-/m0/s1. The van der Waals surface area contributed by atoms with Crippen molar-refractivity contribution in [2.24, 2.45) is 46.8 Å². The van der Waals surface area contributed by atoms with Crippen molar-refractivity contribution in [3.63, 3.8) is 0 Å². The fraction of sp³-hybridized carbons (Fsp3) is 0.787. The molecule has 466 valence electrons. The SMILES string of the molecule is COC(=O)N[C@H]1[C@@H](C)O[C@@H](O[C@H]2C/C=C(\C)[C@@H]3C=C[C@@H]4[C@@H](O[C@H]5C[C@@H](O[C@H]6C[C@@H](O)[C@@H](O[C@@H]7C[C@@H](O)[C@@H](OC)[C@H](C)O7)[C@H](C)O6)[C@@H](O)[C@H](C)O5)[C@@H](C)C[C@H](C)[C@H]4[C@]3(C)C(O)=C3C(=O)O[C@]4(C[C@@H](C)C(CO)=C[C@H]4/C=C/2C)C3=O)C[C@]1(C)NO. The number of Topliss-reactive ketones (excluding diaryl/α,β-unsaturated/α-hetero) is 1. The minimum atomic E-state index is -1.77. The molecule has 0 unspecified atom stereocenters. The smallest absolute Gasteiger partial charge is 0.407 e. The first-order chi connectivity index (χ1) is 39.2. The van der Waals surface area contributed by atoms with Gasteiger partial charge >= 0.3 is 12.1 Å². The lowest BCUT2D eigenvalue weighted by Crippen LogP contribution is -2.67. The van der Waals surface area contributed by atoms with Gasteiger partial charge in [-0.15, -0.1) is 0 Å². The fourth-order valence-corrected chi connectivity index (χ4v) is 15.8. The summed E-state index contributed by atoms with van der Waals surface area (Å²) in [5.41, 5.74) is -0.0548. The monoisotopic (exact) mass is 1170 g/mol. The van der Waals surface area contributed by atoms with Crippen LogP contribution in [0.15, 0.2) is 58.4 Å². The van der Waals surface area contributed by atoms with Crippen LogP contribution in [0.3, 0.4) is 0 Å². The molecule has 22 nitrogen and oxygen atoms in total. The number of ether oxygens (including phenoxy) is 11. The van der Waals surface area contributed by atoms with Gasteiger partial charge in [-0.25, -0.2) is 9.59 Å². The van der Waals surface area contributed by atoms with Gasteiger partial charge in [0.05, 0.1) is 80.2 Å². The Hall–Kier alpha value is -3.69. The molecule has 5 saturated heterocycles. The lowest BCUT2D eigenvalue weighted by Gasteiger charge is -2.56. The zero-order chi connectivity index (χ0) is 60.4. The van der Waals surface area contributed by atoms with Crippen LogP contribution in [0, 0.1) is 46.8 Å². The summed E-state index contributed by atoms with van der Waals surface area (Å²) >= 11 is 0. The zero-order valence-electron chi connectivity index (χ0n) is 50.3. The number of fused-ring (bicyclic) bond motifs is 4. The molecule has 0 aromatic rings. The van der Waals surface area contributed by atoms with Gasteiger partial charge in [0.15, 0.2) is 30.8 Å². The van der Waals surface area contributed by atoms with Crippen LogP contribution in [-0.4, -0.2) is 185 Å². The Kier molecular flexibility index (Phi) is 19.4. The highest BCUT2D eigenvalue weighted by Gasteiger charge is 2.64. The van der Waals surface area contributed by atoms with Crippen LogP contribution in [0.5, 0.6) is 0 Å². The maximum atomic E-state index is 15.6. The normalized spacial score (nSPS) is 49.0. The summed E-state index contributed by atoms with van der Waals surface area (Å²) in [5.74, 6) is -4.72. The second kappa shape index (κ2) is 25.2. The second-order valence-electron chi connectivity index (χ2n) is 25.9. The number of nitrogens with one attached hydrogen (secondary N) is 2. The average Bonchev–Trinajstić information content (AvgIpc) is 3.96. The number of allylic oxidation sites excluding steroid dienone is 3. The van der Waals surface area contributed by atoms with Crippen LogP contribution in [-0.2, 0) is 61.7 Å². The number of ketones is 1. The molecule has 22 heteroatoms. The summed E-state index contributed by atoms with van der Waals surface area (Å²) in [5, 5.41) is 70.8. The third kappa shape index (κ3) is 12.1. The maximum Gasteiger partial charge on any atom is 0.407 e. The van der Waals surface area contributed by atoms with Crippen LogP contribution < -0.4 is 10.8 Å². The average molecular weight is 1170 g/mol. The Morgan fingerprint density at radius 3 is 2.00 bits per heavy atom. The predicted octanol–water partition coefficient (Wildman–Crippen LogP) is 5.28. The van der Waals surface area contributed by atoms with E-state index in [-0.39, 0.29) is 62.2 Å². The lowest BCUT2D eigenvalue weighted by molar-refractivity contribution is -0.335. The number of aliphatic hydroxyl groups is 5. The number of esters is 1. The van der Waals surface area contributed by atoms with Crippen molar-refractivity contribution in [1.82, 2.24) is 10.8 Å². The number of hydrogen-bond acceptors (Lipinski definition) is 21. The Morgan fingerprint density at radius 2 is 1.36 bits per heavy atom. The van der Waals surface area contributed by atoms with Crippen molar-refractivity contribution in [2.75, 3.05) is 20.8 Å². The molecule has 2 bridgehead atoms. The predicted molar refractivity (Wildman–Crippen MR) is 295 cm³/mol. The van der Waals surface area contributed by atoms with Gasteiger partial charge in [-0.05, 0) is 96.1 Å². The molecule has 83 heavy (non-hydrogen) atoms. The zero-order valence-corrected chi connectivity index (χ0v) is 50.3. The van der Waals surface area contributed by atoms with E-state index in [1.807, 2.05) is 39.8 Å². The number of aliphatic hydroxyl groups excluding tert-OH is 5. The molecule has 0 radical (unpaired) electrons. The highest BCUT2D eigenvalue weighted by molar-refractivity contribution is 6.26. The number of amides is 1. The summed E-state index contributed by atoms with van der Waals surface area (Å²) in [7, 11) is 2.76.